The minimum absolute atomic E-state index is 0.0201. The first-order chi connectivity index (χ1) is 8.52. The second kappa shape index (κ2) is 7.31. The maximum atomic E-state index is 11.4. The molecule has 0 amide bonds. The van der Waals surface area contributed by atoms with Gasteiger partial charge in [-0.15, -0.1) is 0 Å². The Bertz CT molecular complexity index is 427. The predicted octanol–water partition coefficient (Wildman–Crippen LogP) is -2.22. The maximum absolute atomic E-state index is 11.4. The molecule has 0 aromatic carbocycles. The summed E-state index contributed by atoms with van der Waals surface area (Å²) in [6.07, 6.45) is 0.396. The average molecular weight is 280 g/mol. The molecule has 1 heterocycles. The molecule has 0 saturated heterocycles. The lowest BCUT2D eigenvalue weighted by atomic mass is 10.4. The van der Waals surface area contributed by atoms with Gasteiger partial charge in [0.05, 0.1) is 13.2 Å². The van der Waals surface area contributed by atoms with Gasteiger partial charge < -0.3 is 25.4 Å². The van der Waals surface area contributed by atoms with Crippen molar-refractivity contribution in [2.24, 2.45) is 0 Å². The molecule has 0 bridgehead atoms. The van der Waals surface area contributed by atoms with Gasteiger partial charge in [0.1, 0.15) is 12.4 Å². The maximum Gasteiger partial charge on any atom is 0.352 e. The van der Waals surface area contributed by atoms with Crippen molar-refractivity contribution in [3.63, 3.8) is 0 Å². The number of nitrogen functional groups attached to an aromatic ring is 1. The molecule has 0 fully saturated rings. The van der Waals surface area contributed by atoms with E-state index in [4.69, 9.17) is 25.4 Å². The first-order valence-corrected chi connectivity index (χ1v) is 5.91. The smallest absolute Gasteiger partial charge is 0.352 e. The molecule has 102 valence electrons. The molecular formula is C7H13N4O6P. The monoisotopic (exact) mass is 280 g/mol. The zero-order chi connectivity index (χ0) is 13.5. The second-order valence-electron chi connectivity index (χ2n) is 3.12. The van der Waals surface area contributed by atoms with Crippen LogP contribution in [0.4, 0.5) is 5.95 Å². The average Bonchev–Trinajstić information content (AvgIpc) is 2.30. The molecule has 18 heavy (non-hydrogen) atoms. The summed E-state index contributed by atoms with van der Waals surface area (Å²) in [6.45, 7) is -0.836. The number of aromatic nitrogens is 3. The van der Waals surface area contributed by atoms with Crippen LogP contribution >= 0.6 is 8.60 Å². The van der Waals surface area contributed by atoms with Gasteiger partial charge in [0.25, 0.3) is 0 Å². The van der Waals surface area contributed by atoms with Crippen LogP contribution in [-0.4, -0.2) is 48.9 Å². The van der Waals surface area contributed by atoms with Gasteiger partial charge in [-0.1, -0.05) is 0 Å². The van der Waals surface area contributed by atoms with E-state index in [0.717, 1.165) is 4.57 Å². The lowest BCUT2D eigenvalue weighted by Gasteiger charge is -2.16. The minimum atomic E-state index is -2.52. The Morgan fingerprint density at radius 2 is 2.28 bits per heavy atom. The highest BCUT2D eigenvalue weighted by Gasteiger charge is 2.12. The standard InChI is InChI=1S/C7H13N4O6P/c8-6-9-3-11(7(13)10-6)1-5(2-12)16-4-17-18(14)15/h3,5,12,14-15H,1-2,4H2,(H2,8,10,13)/t5-/m0/s1. The van der Waals surface area contributed by atoms with Gasteiger partial charge in [0.2, 0.25) is 5.95 Å². The van der Waals surface area contributed by atoms with E-state index in [1.165, 1.54) is 6.33 Å². The molecule has 10 nitrogen and oxygen atoms in total. The van der Waals surface area contributed by atoms with Crippen LogP contribution in [0.1, 0.15) is 0 Å². The Balaban J connectivity index is 2.54. The molecule has 0 saturated carbocycles. The van der Waals surface area contributed by atoms with Gasteiger partial charge in [0.15, 0.2) is 6.79 Å². The lowest BCUT2D eigenvalue weighted by Crippen LogP contribution is -2.32. The van der Waals surface area contributed by atoms with E-state index < -0.39 is 33.8 Å². The number of anilines is 1. The van der Waals surface area contributed by atoms with E-state index in [9.17, 15) is 4.79 Å². The van der Waals surface area contributed by atoms with Crippen molar-refractivity contribution in [1.82, 2.24) is 14.5 Å². The van der Waals surface area contributed by atoms with Gasteiger partial charge in [-0.2, -0.15) is 4.98 Å². The molecule has 0 aliphatic heterocycles. The Hall–Kier alpha value is -1.16. The number of hydrogen-bond donors (Lipinski definition) is 4. The summed E-state index contributed by atoms with van der Waals surface area (Å²) in [5, 5.41) is 9.02. The van der Waals surface area contributed by atoms with Gasteiger partial charge in [-0.25, -0.2) is 9.78 Å². The van der Waals surface area contributed by atoms with E-state index >= 15 is 0 Å². The summed E-state index contributed by atoms with van der Waals surface area (Å²) < 4.78 is 10.4. The van der Waals surface area contributed by atoms with Crippen LogP contribution in [0.2, 0.25) is 0 Å². The number of nitrogens with zero attached hydrogens (tertiary/aromatic N) is 3. The summed E-state index contributed by atoms with van der Waals surface area (Å²) in [7, 11) is -2.52. The quantitative estimate of drug-likeness (QED) is 0.321. The number of hydrogen-bond acceptors (Lipinski definition) is 9. The number of nitrogens with two attached hydrogens (primary N) is 1. The largest absolute Gasteiger partial charge is 0.394 e. The zero-order valence-electron chi connectivity index (χ0n) is 9.21. The van der Waals surface area contributed by atoms with E-state index in [1.54, 1.807) is 0 Å². The van der Waals surface area contributed by atoms with Crippen molar-refractivity contribution in [1.29, 1.82) is 0 Å². The summed E-state index contributed by atoms with van der Waals surface area (Å²) in [6, 6.07) is 0. The summed E-state index contributed by atoms with van der Waals surface area (Å²) in [4.78, 5) is 35.3. The van der Waals surface area contributed by atoms with Crippen molar-refractivity contribution in [2.75, 3.05) is 19.1 Å². The molecule has 0 aliphatic carbocycles. The fraction of sp³-hybridized carbons (Fsp3) is 0.571. The van der Waals surface area contributed by atoms with Crippen molar-refractivity contribution in [3.05, 3.63) is 16.8 Å². The summed E-state index contributed by atoms with van der Waals surface area (Å²) >= 11 is 0. The fourth-order valence-electron chi connectivity index (χ4n) is 1.05. The minimum Gasteiger partial charge on any atom is -0.394 e. The predicted molar refractivity (Wildman–Crippen MR) is 60.0 cm³/mol. The molecule has 1 aromatic heterocycles. The SMILES string of the molecule is Nc1ncn(C[C@@H](CO)OCOP(O)O)c(=O)n1. The summed E-state index contributed by atoms with van der Waals surface area (Å²) in [5.41, 5.74) is 4.59. The van der Waals surface area contributed by atoms with Gasteiger partial charge in [-0.3, -0.25) is 9.09 Å². The van der Waals surface area contributed by atoms with Crippen molar-refractivity contribution in [3.8, 4) is 0 Å². The number of aliphatic hydroxyl groups is 1. The van der Waals surface area contributed by atoms with E-state index in [1.807, 2.05) is 0 Å². The van der Waals surface area contributed by atoms with Gasteiger partial charge in [0, 0.05) is 0 Å². The Morgan fingerprint density at radius 1 is 1.56 bits per heavy atom. The van der Waals surface area contributed by atoms with Crippen LogP contribution in [0, 0.1) is 0 Å². The number of ether oxygens (including phenoxy) is 1. The van der Waals surface area contributed by atoms with Gasteiger partial charge >= 0.3 is 14.3 Å². The van der Waals surface area contributed by atoms with Crippen molar-refractivity contribution >= 4 is 14.6 Å². The molecule has 1 atom stereocenters. The van der Waals surface area contributed by atoms with Gasteiger partial charge in [-0.05, 0) is 0 Å². The highest BCUT2D eigenvalue weighted by atomic mass is 31.2. The van der Waals surface area contributed by atoms with Crippen LogP contribution in [0.15, 0.2) is 11.1 Å². The van der Waals surface area contributed by atoms with Crippen LogP contribution in [0.25, 0.3) is 0 Å². The first-order valence-electron chi connectivity index (χ1n) is 4.75. The van der Waals surface area contributed by atoms with Crippen LogP contribution in [0.3, 0.4) is 0 Å². The number of aliphatic hydroxyl groups excluding tert-OH is 1. The molecule has 1 aromatic rings. The van der Waals surface area contributed by atoms with Crippen LogP contribution < -0.4 is 11.4 Å². The second-order valence-corrected chi connectivity index (χ2v) is 3.88. The zero-order valence-corrected chi connectivity index (χ0v) is 10.1. The Morgan fingerprint density at radius 3 is 2.83 bits per heavy atom. The van der Waals surface area contributed by atoms with E-state index in [2.05, 4.69) is 14.5 Å². The van der Waals surface area contributed by atoms with Crippen LogP contribution in [0.5, 0.6) is 0 Å². The van der Waals surface area contributed by atoms with E-state index in [-0.39, 0.29) is 12.5 Å². The highest BCUT2D eigenvalue weighted by Crippen LogP contribution is 2.23. The Labute approximate surface area is 103 Å². The Kier molecular flexibility index (Phi) is 6.05. The third-order valence-corrected chi connectivity index (χ3v) is 2.20. The molecule has 0 unspecified atom stereocenters. The van der Waals surface area contributed by atoms with Crippen molar-refractivity contribution in [2.45, 2.75) is 12.6 Å². The first kappa shape index (κ1) is 14.9. The third-order valence-electron chi connectivity index (χ3n) is 1.86. The topological polar surface area (TPSA) is 153 Å². The van der Waals surface area contributed by atoms with Crippen molar-refractivity contribution < 1.29 is 24.2 Å². The molecule has 0 radical (unpaired) electrons. The highest BCUT2D eigenvalue weighted by molar-refractivity contribution is 7.39. The molecule has 0 spiro atoms. The van der Waals surface area contributed by atoms with Crippen LogP contribution in [-0.2, 0) is 15.8 Å². The van der Waals surface area contributed by atoms with E-state index in [0.29, 0.717) is 0 Å². The normalized spacial score (nSPS) is 12.9. The molecular weight excluding hydrogens is 267 g/mol. The fourth-order valence-corrected chi connectivity index (χ4v) is 1.21. The molecule has 11 heteroatoms. The summed E-state index contributed by atoms with van der Waals surface area (Å²) in [5.74, 6) is -0.146. The number of rotatable bonds is 7. The third kappa shape index (κ3) is 5.00. The molecule has 5 N–H and O–H groups in total. The molecule has 0 aliphatic rings. The molecule has 1 rings (SSSR count). The lowest BCUT2D eigenvalue weighted by molar-refractivity contribution is -0.0669.